The van der Waals surface area contributed by atoms with E-state index in [1.807, 2.05) is 28.7 Å². The molecule has 0 saturated carbocycles. The third-order valence-electron chi connectivity index (χ3n) is 4.43. The minimum atomic E-state index is -0.340. The number of hydrogen-bond donors (Lipinski definition) is 0. The summed E-state index contributed by atoms with van der Waals surface area (Å²) >= 11 is 0. The van der Waals surface area contributed by atoms with Crippen molar-refractivity contribution in [2.45, 2.75) is 12.8 Å². The number of nitrogens with zero attached hydrogens (tertiary/aromatic N) is 4. The maximum absolute atomic E-state index is 13.9. The molecule has 0 bridgehead atoms. The Labute approximate surface area is 150 Å². The van der Waals surface area contributed by atoms with Gasteiger partial charge in [-0.3, -0.25) is 9.38 Å². The molecule has 130 valence electrons. The van der Waals surface area contributed by atoms with Crippen molar-refractivity contribution >= 4 is 5.65 Å². The average molecular weight is 348 g/mol. The molecule has 5 nitrogen and oxygen atoms in total. The summed E-state index contributed by atoms with van der Waals surface area (Å²) in [7, 11) is 1.49. The van der Waals surface area contributed by atoms with Gasteiger partial charge in [0.15, 0.2) is 17.2 Å². The van der Waals surface area contributed by atoms with Gasteiger partial charge in [0.2, 0.25) is 0 Å². The van der Waals surface area contributed by atoms with Gasteiger partial charge in [-0.25, -0.2) is 4.39 Å². The first-order valence-electron chi connectivity index (χ1n) is 8.31. The summed E-state index contributed by atoms with van der Waals surface area (Å²) in [5.41, 5.74) is 4.72. The van der Waals surface area contributed by atoms with E-state index >= 15 is 0 Å². The Hall–Kier alpha value is -3.28. The molecule has 6 heteroatoms. The number of rotatable bonds is 5. The van der Waals surface area contributed by atoms with Crippen molar-refractivity contribution in [1.82, 2.24) is 19.6 Å². The van der Waals surface area contributed by atoms with Crippen LogP contribution in [0.1, 0.15) is 11.3 Å². The van der Waals surface area contributed by atoms with Crippen LogP contribution < -0.4 is 4.74 Å². The summed E-state index contributed by atoms with van der Waals surface area (Å²) in [5.74, 6) is -0.0339. The van der Waals surface area contributed by atoms with E-state index in [1.165, 1.54) is 13.2 Å². The summed E-state index contributed by atoms with van der Waals surface area (Å²) in [4.78, 5) is 4.06. The van der Waals surface area contributed by atoms with Crippen LogP contribution in [0.15, 0.2) is 61.2 Å². The molecule has 0 radical (unpaired) electrons. The lowest BCUT2D eigenvalue weighted by Crippen LogP contribution is -2.02. The van der Waals surface area contributed by atoms with Gasteiger partial charge < -0.3 is 4.74 Å². The maximum Gasteiger partial charge on any atom is 0.168 e. The molecule has 4 rings (SSSR count). The molecule has 1 aromatic carbocycles. The van der Waals surface area contributed by atoms with Crippen molar-refractivity contribution in [3.8, 4) is 16.9 Å². The second-order valence-corrected chi connectivity index (χ2v) is 5.93. The first-order valence-corrected chi connectivity index (χ1v) is 8.31. The SMILES string of the molecule is COc1c(F)cccc1CCc1ccc(-c2ccncc2)c2nncn12. The zero-order chi connectivity index (χ0) is 17.9. The van der Waals surface area contributed by atoms with E-state index in [4.69, 9.17) is 4.74 Å². The van der Waals surface area contributed by atoms with Crippen LogP contribution in [0, 0.1) is 5.82 Å². The van der Waals surface area contributed by atoms with Crippen LogP contribution in [-0.2, 0) is 12.8 Å². The molecule has 4 aromatic rings. The summed E-state index contributed by atoms with van der Waals surface area (Å²) in [5, 5.41) is 8.33. The van der Waals surface area contributed by atoms with E-state index in [0.29, 0.717) is 18.6 Å². The fourth-order valence-electron chi connectivity index (χ4n) is 3.17. The fraction of sp³-hybridized carbons (Fsp3) is 0.150. The topological polar surface area (TPSA) is 52.3 Å². The molecule has 0 saturated heterocycles. The van der Waals surface area contributed by atoms with E-state index in [-0.39, 0.29) is 5.82 Å². The minimum absolute atomic E-state index is 0.306. The van der Waals surface area contributed by atoms with E-state index < -0.39 is 0 Å². The van der Waals surface area contributed by atoms with E-state index in [1.54, 1.807) is 24.8 Å². The van der Waals surface area contributed by atoms with Crippen molar-refractivity contribution in [1.29, 1.82) is 0 Å². The first-order chi connectivity index (χ1) is 12.8. The van der Waals surface area contributed by atoms with Gasteiger partial charge in [0.05, 0.1) is 7.11 Å². The first kappa shape index (κ1) is 16.2. The third kappa shape index (κ3) is 2.90. The molecule has 0 aliphatic rings. The average Bonchev–Trinajstić information content (AvgIpc) is 3.17. The molecular formula is C20H17FN4O. The van der Waals surface area contributed by atoms with Crippen molar-refractivity contribution < 1.29 is 9.13 Å². The zero-order valence-corrected chi connectivity index (χ0v) is 14.3. The molecule has 0 aliphatic heterocycles. The molecule has 3 heterocycles. The van der Waals surface area contributed by atoms with Gasteiger partial charge in [0, 0.05) is 23.7 Å². The number of para-hydroxylation sites is 1. The van der Waals surface area contributed by atoms with Gasteiger partial charge in [-0.15, -0.1) is 10.2 Å². The summed E-state index contributed by atoms with van der Waals surface area (Å²) in [6, 6.07) is 13.0. The van der Waals surface area contributed by atoms with Crippen molar-refractivity contribution in [3.05, 3.63) is 78.3 Å². The lowest BCUT2D eigenvalue weighted by atomic mass is 10.0. The number of aromatic nitrogens is 4. The lowest BCUT2D eigenvalue weighted by molar-refractivity contribution is 0.381. The molecule has 0 atom stereocenters. The van der Waals surface area contributed by atoms with E-state index in [2.05, 4.69) is 21.2 Å². The predicted octanol–water partition coefficient (Wildman–Crippen LogP) is 3.72. The minimum Gasteiger partial charge on any atom is -0.493 e. The van der Waals surface area contributed by atoms with Crippen LogP contribution in [0.5, 0.6) is 5.75 Å². The monoisotopic (exact) mass is 348 g/mol. The highest BCUT2D eigenvalue weighted by Gasteiger charge is 2.12. The highest BCUT2D eigenvalue weighted by molar-refractivity contribution is 5.77. The van der Waals surface area contributed by atoms with Gasteiger partial charge in [-0.1, -0.05) is 12.1 Å². The molecular weight excluding hydrogens is 331 g/mol. The molecule has 0 spiro atoms. The highest BCUT2D eigenvalue weighted by atomic mass is 19.1. The Bertz CT molecular complexity index is 1050. The smallest absolute Gasteiger partial charge is 0.168 e. The zero-order valence-electron chi connectivity index (χ0n) is 14.3. The Balaban J connectivity index is 1.67. The van der Waals surface area contributed by atoms with Crippen molar-refractivity contribution in [3.63, 3.8) is 0 Å². The second kappa shape index (κ2) is 6.92. The number of benzene rings is 1. The van der Waals surface area contributed by atoms with Crippen LogP contribution >= 0.6 is 0 Å². The Morgan fingerprint density at radius 3 is 2.69 bits per heavy atom. The lowest BCUT2D eigenvalue weighted by Gasteiger charge is -2.11. The standard InChI is InChI=1S/C20H17FN4O/c1-26-19-15(3-2-4-18(19)21)5-6-16-7-8-17(14-9-11-22-12-10-14)20-24-23-13-25(16)20/h2-4,7-13H,5-6H2,1H3. The van der Waals surface area contributed by atoms with Gasteiger partial charge in [-0.05, 0) is 54.3 Å². The molecule has 26 heavy (non-hydrogen) atoms. The molecule has 0 aliphatic carbocycles. The van der Waals surface area contributed by atoms with Crippen LogP contribution in [0.4, 0.5) is 4.39 Å². The predicted molar refractivity (Wildman–Crippen MR) is 96.6 cm³/mol. The fourth-order valence-corrected chi connectivity index (χ4v) is 3.17. The number of aryl methyl sites for hydroxylation is 2. The highest BCUT2D eigenvalue weighted by Crippen LogP contribution is 2.26. The van der Waals surface area contributed by atoms with Gasteiger partial charge >= 0.3 is 0 Å². The molecule has 0 fully saturated rings. The maximum atomic E-state index is 13.9. The third-order valence-corrected chi connectivity index (χ3v) is 4.43. The summed E-state index contributed by atoms with van der Waals surface area (Å²) < 4.78 is 21.0. The van der Waals surface area contributed by atoms with Crippen LogP contribution in [-0.4, -0.2) is 26.7 Å². The quantitative estimate of drug-likeness (QED) is 0.551. The van der Waals surface area contributed by atoms with Gasteiger partial charge in [-0.2, -0.15) is 0 Å². The number of hydrogen-bond acceptors (Lipinski definition) is 4. The second-order valence-electron chi connectivity index (χ2n) is 5.93. The Morgan fingerprint density at radius 1 is 1.04 bits per heavy atom. The Kier molecular flexibility index (Phi) is 4.31. The number of halogens is 1. The van der Waals surface area contributed by atoms with Gasteiger partial charge in [0.25, 0.3) is 0 Å². The van der Waals surface area contributed by atoms with E-state index in [9.17, 15) is 4.39 Å². The molecule has 0 amide bonds. The number of fused-ring (bicyclic) bond motifs is 1. The molecule has 3 aromatic heterocycles. The number of pyridine rings is 2. The molecule has 0 N–H and O–H groups in total. The van der Waals surface area contributed by atoms with Crippen molar-refractivity contribution in [2.75, 3.05) is 7.11 Å². The summed E-state index contributed by atoms with van der Waals surface area (Å²) in [6.45, 7) is 0. The van der Waals surface area contributed by atoms with Crippen LogP contribution in [0.3, 0.4) is 0 Å². The molecule has 0 unspecified atom stereocenters. The largest absolute Gasteiger partial charge is 0.493 e. The summed E-state index contributed by atoms with van der Waals surface area (Å²) in [6.07, 6.45) is 6.59. The Morgan fingerprint density at radius 2 is 1.88 bits per heavy atom. The number of ether oxygens (including phenoxy) is 1. The van der Waals surface area contributed by atoms with Crippen LogP contribution in [0.25, 0.3) is 16.8 Å². The number of methoxy groups -OCH3 is 1. The van der Waals surface area contributed by atoms with Crippen LogP contribution in [0.2, 0.25) is 0 Å². The van der Waals surface area contributed by atoms with Crippen molar-refractivity contribution in [2.24, 2.45) is 0 Å². The van der Waals surface area contributed by atoms with Gasteiger partial charge in [0.1, 0.15) is 6.33 Å². The van der Waals surface area contributed by atoms with E-state index in [0.717, 1.165) is 28.0 Å². The normalized spacial score (nSPS) is 11.0.